The molecule has 34 heavy (non-hydrogen) atoms. The van der Waals surface area contributed by atoms with Gasteiger partial charge in [-0.2, -0.15) is 0 Å². The van der Waals surface area contributed by atoms with Crippen molar-refractivity contribution in [2.75, 3.05) is 46.5 Å². The molecule has 0 unspecified atom stereocenters. The summed E-state index contributed by atoms with van der Waals surface area (Å²) in [6.45, 7) is 7.63. The van der Waals surface area contributed by atoms with Crippen molar-refractivity contribution in [3.05, 3.63) is 59.2 Å². The summed E-state index contributed by atoms with van der Waals surface area (Å²) in [7, 11) is 1.58. The molecule has 2 heterocycles. The minimum Gasteiger partial charge on any atom is -0.507 e. The van der Waals surface area contributed by atoms with Crippen LogP contribution in [-0.4, -0.2) is 73.1 Å². The fourth-order valence-corrected chi connectivity index (χ4v) is 4.38. The number of amides is 1. The second-order valence-electron chi connectivity index (χ2n) is 8.15. The normalized spacial score (nSPS) is 19.1. The Bertz CT molecular complexity index is 1090. The summed E-state index contributed by atoms with van der Waals surface area (Å²) in [5.74, 6) is 0.179. The van der Waals surface area contributed by atoms with Gasteiger partial charge in [-0.15, -0.1) is 0 Å². The molecule has 2 aromatic carbocycles. The molecule has 0 aromatic heterocycles. The fourth-order valence-electron chi connectivity index (χ4n) is 4.38. The zero-order chi connectivity index (χ0) is 24.2. The van der Waals surface area contributed by atoms with Crippen LogP contribution >= 0.6 is 0 Å². The van der Waals surface area contributed by atoms with Crippen LogP contribution in [0.4, 0.5) is 0 Å². The van der Waals surface area contributed by atoms with Crippen LogP contribution in [0.3, 0.4) is 0 Å². The van der Waals surface area contributed by atoms with E-state index in [4.69, 9.17) is 14.2 Å². The summed E-state index contributed by atoms with van der Waals surface area (Å²) >= 11 is 0. The Balaban J connectivity index is 1.78. The number of rotatable bonds is 8. The van der Waals surface area contributed by atoms with E-state index in [0.717, 1.165) is 18.7 Å². The zero-order valence-electron chi connectivity index (χ0n) is 19.7. The van der Waals surface area contributed by atoms with Crippen molar-refractivity contribution in [3.8, 4) is 17.2 Å². The molecule has 0 spiro atoms. The lowest BCUT2D eigenvalue weighted by molar-refractivity contribution is -0.140. The van der Waals surface area contributed by atoms with Crippen LogP contribution in [0.15, 0.2) is 48.0 Å². The molecular weight excluding hydrogens is 436 g/mol. The second kappa shape index (κ2) is 10.2. The third-order valence-corrected chi connectivity index (χ3v) is 6.34. The SMILES string of the molecule is CCN(CC)CCN1C(=O)C(=O)C(=C(O)c2ccc3c(c2)OCCO3)[C@@H]1c1ccc(OC)cc1. The quantitative estimate of drug-likeness (QED) is 0.363. The van der Waals surface area contributed by atoms with E-state index in [1.165, 1.54) is 0 Å². The molecule has 8 heteroatoms. The van der Waals surface area contributed by atoms with E-state index in [-0.39, 0.29) is 11.3 Å². The number of fused-ring (bicyclic) bond motifs is 1. The molecular formula is C26H30N2O6. The van der Waals surface area contributed by atoms with Gasteiger partial charge < -0.3 is 29.1 Å². The summed E-state index contributed by atoms with van der Waals surface area (Å²) in [6.07, 6.45) is 0. The van der Waals surface area contributed by atoms with E-state index in [9.17, 15) is 14.7 Å². The van der Waals surface area contributed by atoms with E-state index < -0.39 is 17.7 Å². The Morgan fingerprint density at radius 2 is 1.74 bits per heavy atom. The van der Waals surface area contributed by atoms with E-state index in [0.29, 0.717) is 49.1 Å². The van der Waals surface area contributed by atoms with Crippen molar-refractivity contribution in [1.82, 2.24) is 9.80 Å². The third kappa shape index (κ3) is 4.46. The molecule has 2 aliphatic rings. The van der Waals surface area contributed by atoms with Crippen LogP contribution in [-0.2, 0) is 9.59 Å². The Kier molecular flexibility index (Phi) is 7.07. The molecule has 0 saturated carbocycles. The molecule has 0 aliphatic carbocycles. The lowest BCUT2D eigenvalue weighted by Gasteiger charge is -2.28. The minimum absolute atomic E-state index is 0.0615. The average molecular weight is 467 g/mol. The highest BCUT2D eigenvalue weighted by atomic mass is 16.6. The average Bonchev–Trinajstić information content (AvgIpc) is 3.13. The Morgan fingerprint density at radius 3 is 2.38 bits per heavy atom. The van der Waals surface area contributed by atoms with Gasteiger partial charge in [-0.1, -0.05) is 26.0 Å². The van der Waals surface area contributed by atoms with Gasteiger partial charge in [0.25, 0.3) is 11.7 Å². The number of nitrogens with zero attached hydrogens (tertiary/aromatic N) is 2. The van der Waals surface area contributed by atoms with Gasteiger partial charge >= 0.3 is 0 Å². The first-order chi connectivity index (χ1) is 16.5. The zero-order valence-corrected chi connectivity index (χ0v) is 19.7. The molecule has 4 rings (SSSR count). The van der Waals surface area contributed by atoms with Crippen LogP contribution in [0.1, 0.15) is 31.0 Å². The number of carbonyl (C=O) groups excluding carboxylic acids is 2. The third-order valence-electron chi connectivity index (χ3n) is 6.34. The predicted octanol–water partition coefficient (Wildman–Crippen LogP) is 3.23. The number of Topliss-reactive ketones (excluding diaryl/α,β-unsaturated/α-hetero) is 1. The molecule has 1 atom stereocenters. The van der Waals surface area contributed by atoms with Gasteiger partial charge in [0, 0.05) is 18.7 Å². The standard InChI is InChI=1S/C26H30N2O6/c1-4-27(5-2)12-13-28-23(17-6-9-19(32-3)10-7-17)22(25(30)26(28)31)24(29)18-8-11-20-21(16-18)34-15-14-33-20/h6-11,16,23,29H,4-5,12-15H2,1-3H3/t23-/m0/s1. The highest BCUT2D eigenvalue weighted by Crippen LogP contribution is 2.41. The van der Waals surface area contributed by atoms with E-state index in [1.807, 2.05) is 12.1 Å². The maximum atomic E-state index is 13.2. The molecule has 1 amide bonds. The van der Waals surface area contributed by atoms with E-state index in [2.05, 4.69) is 18.7 Å². The number of likely N-dealkylation sites (N-methyl/N-ethyl adjacent to an activating group) is 1. The van der Waals surface area contributed by atoms with Gasteiger partial charge in [-0.25, -0.2) is 0 Å². The minimum atomic E-state index is -0.713. The summed E-state index contributed by atoms with van der Waals surface area (Å²) in [5.41, 5.74) is 1.18. The van der Waals surface area contributed by atoms with Gasteiger partial charge in [0.15, 0.2) is 11.5 Å². The summed E-state index contributed by atoms with van der Waals surface area (Å²) in [5, 5.41) is 11.3. The van der Waals surface area contributed by atoms with Crippen molar-refractivity contribution < 1.29 is 28.9 Å². The van der Waals surface area contributed by atoms with Crippen LogP contribution < -0.4 is 14.2 Å². The van der Waals surface area contributed by atoms with Gasteiger partial charge in [0.05, 0.1) is 18.7 Å². The number of carbonyl (C=O) groups is 2. The van der Waals surface area contributed by atoms with Crippen LogP contribution in [0, 0.1) is 0 Å². The maximum absolute atomic E-state index is 13.2. The molecule has 0 bridgehead atoms. The monoisotopic (exact) mass is 466 g/mol. The van der Waals surface area contributed by atoms with Crippen LogP contribution in [0.2, 0.25) is 0 Å². The fraction of sp³-hybridized carbons (Fsp3) is 0.385. The molecule has 2 aliphatic heterocycles. The number of ketones is 1. The molecule has 1 saturated heterocycles. The second-order valence-corrected chi connectivity index (χ2v) is 8.15. The van der Waals surface area contributed by atoms with E-state index >= 15 is 0 Å². The van der Waals surface area contributed by atoms with Crippen molar-refractivity contribution >= 4 is 17.4 Å². The first-order valence-corrected chi connectivity index (χ1v) is 11.5. The number of aliphatic hydroxyl groups is 1. The lowest BCUT2D eigenvalue weighted by Crippen LogP contribution is -2.38. The van der Waals surface area contributed by atoms with E-state index in [1.54, 1.807) is 42.3 Å². The van der Waals surface area contributed by atoms with Crippen LogP contribution in [0.5, 0.6) is 17.2 Å². The molecule has 0 radical (unpaired) electrons. The topological polar surface area (TPSA) is 88.5 Å². The summed E-state index contributed by atoms with van der Waals surface area (Å²) in [4.78, 5) is 30.1. The van der Waals surface area contributed by atoms with Crippen molar-refractivity contribution in [2.45, 2.75) is 19.9 Å². The highest BCUT2D eigenvalue weighted by molar-refractivity contribution is 6.46. The molecule has 180 valence electrons. The van der Waals surface area contributed by atoms with Crippen LogP contribution in [0.25, 0.3) is 5.76 Å². The highest BCUT2D eigenvalue weighted by Gasteiger charge is 2.46. The first-order valence-electron chi connectivity index (χ1n) is 11.5. The number of hydrogen-bond donors (Lipinski definition) is 1. The Labute approximate surface area is 199 Å². The Morgan fingerprint density at radius 1 is 1.06 bits per heavy atom. The summed E-state index contributed by atoms with van der Waals surface area (Å²) in [6, 6.07) is 11.5. The van der Waals surface area contributed by atoms with Gasteiger partial charge in [-0.3, -0.25) is 9.59 Å². The maximum Gasteiger partial charge on any atom is 0.295 e. The lowest BCUT2D eigenvalue weighted by atomic mass is 9.95. The van der Waals surface area contributed by atoms with Gasteiger partial charge in [-0.05, 0) is 49.0 Å². The number of hydrogen-bond acceptors (Lipinski definition) is 7. The number of benzene rings is 2. The number of methoxy groups -OCH3 is 1. The number of aliphatic hydroxyl groups excluding tert-OH is 1. The van der Waals surface area contributed by atoms with Crippen molar-refractivity contribution in [2.24, 2.45) is 0 Å². The summed E-state index contributed by atoms with van der Waals surface area (Å²) < 4.78 is 16.5. The molecule has 8 nitrogen and oxygen atoms in total. The first kappa shape index (κ1) is 23.6. The van der Waals surface area contributed by atoms with Crippen molar-refractivity contribution in [1.29, 1.82) is 0 Å². The largest absolute Gasteiger partial charge is 0.507 e. The predicted molar refractivity (Wildman–Crippen MR) is 127 cm³/mol. The van der Waals surface area contributed by atoms with Gasteiger partial charge in [0.2, 0.25) is 0 Å². The number of ether oxygens (including phenoxy) is 3. The van der Waals surface area contributed by atoms with Gasteiger partial charge in [0.1, 0.15) is 24.7 Å². The number of likely N-dealkylation sites (tertiary alicyclic amines) is 1. The molecule has 1 N–H and O–H groups in total. The van der Waals surface area contributed by atoms with Crippen molar-refractivity contribution in [3.63, 3.8) is 0 Å². The Hall–Kier alpha value is -3.52. The smallest absolute Gasteiger partial charge is 0.295 e. The molecule has 1 fully saturated rings. The molecule has 2 aromatic rings.